The highest BCUT2D eigenvalue weighted by molar-refractivity contribution is 6.06. The molecule has 4 rings (SSSR count). The lowest BCUT2D eigenvalue weighted by molar-refractivity contribution is -0.140. The van der Waals surface area contributed by atoms with Gasteiger partial charge in [-0.3, -0.25) is 24.1 Å². The fourth-order valence-corrected chi connectivity index (χ4v) is 4.75. The number of amides is 4. The molecular formula is C22H27N3O4. The Morgan fingerprint density at radius 3 is 2.21 bits per heavy atom. The van der Waals surface area contributed by atoms with Crippen molar-refractivity contribution < 1.29 is 19.2 Å². The van der Waals surface area contributed by atoms with Crippen molar-refractivity contribution >= 4 is 29.3 Å². The van der Waals surface area contributed by atoms with Crippen LogP contribution in [-0.4, -0.2) is 53.1 Å². The number of rotatable bonds is 5. The Labute approximate surface area is 170 Å². The second kappa shape index (κ2) is 8.35. The topological polar surface area (TPSA) is 86.8 Å². The van der Waals surface area contributed by atoms with Gasteiger partial charge in [-0.2, -0.15) is 0 Å². The van der Waals surface area contributed by atoms with Crippen LogP contribution in [0, 0.1) is 11.8 Å². The summed E-state index contributed by atoms with van der Waals surface area (Å²) in [6.07, 6.45) is 5.53. The lowest BCUT2D eigenvalue weighted by atomic mass is 9.81. The van der Waals surface area contributed by atoms with Gasteiger partial charge in [0.2, 0.25) is 17.7 Å². The molecule has 0 radical (unpaired) electrons. The fourth-order valence-electron chi connectivity index (χ4n) is 4.75. The molecule has 4 amide bonds. The first-order valence-corrected chi connectivity index (χ1v) is 10.6. The number of carbonyl (C=O) groups is 4. The van der Waals surface area contributed by atoms with E-state index in [-0.39, 0.29) is 48.4 Å². The van der Waals surface area contributed by atoms with Crippen LogP contribution in [0.4, 0.5) is 5.69 Å². The summed E-state index contributed by atoms with van der Waals surface area (Å²) in [4.78, 5) is 53.4. The lowest BCUT2D eigenvalue weighted by Crippen LogP contribution is -2.34. The minimum absolute atomic E-state index is 0.0309. The van der Waals surface area contributed by atoms with Gasteiger partial charge in [0, 0.05) is 26.1 Å². The van der Waals surface area contributed by atoms with Crippen molar-refractivity contribution in [3.8, 4) is 0 Å². The van der Waals surface area contributed by atoms with Gasteiger partial charge in [0.05, 0.1) is 23.1 Å². The molecule has 29 heavy (non-hydrogen) atoms. The van der Waals surface area contributed by atoms with E-state index < -0.39 is 0 Å². The molecule has 0 spiro atoms. The molecule has 1 aromatic rings. The van der Waals surface area contributed by atoms with Crippen LogP contribution in [0.3, 0.4) is 0 Å². The molecule has 2 heterocycles. The van der Waals surface area contributed by atoms with Gasteiger partial charge in [-0.1, -0.05) is 25.0 Å². The summed E-state index contributed by atoms with van der Waals surface area (Å²) in [5, 5.41) is 2.80. The maximum absolute atomic E-state index is 12.7. The van der Waals surface area contributed by atoms with Gasteiger partial charge >= 0.3 is 0 Å². The lowest BCUT2D eigenvalue weighted by Gasteiger charge is -2.19. The van der Waals surface area contributed by atoms with E-state index in [0.717, 1.165) is 51.6 Å². The summed E-state index contributed by atoms with van der Waals surface area (Å²) in [6.45, 7) is 1.57. The Hall–Kier alpha value is -2.70. The maximum Gasteiger partial charge on any atom is 0.255 e. The van der Waals surface area contributed by atoms with Crippen molar-refractivity contribution in [1.82, 2.24) is 9.80 Å². The Bertz CT molecular complexity index is 807. The molecule has 3 aliphatic rings. The van der Waals surface area contributed by atoms with Crippen molar-refractivity contribution in [2.24, 2.45) is 11.8 Å². The summed E-state index contributed by atoms with van der Waals surface area (Å²) in [5.74, 6) is -1.03. The van der Waals surface area contributed by atoms with Gasteiger partial charge in [0.15, 0.2) is 0 Å². The van der Waals surface area contributed by atoms with Gasteiger partial charge in [-0.25, -0.2) is 0 Å². The van der Waals surface area contributed by atoms with Crippen molar-refractivity contribution in [3.05, 3.63) is 29.8 Å². The molecule has 154 valence electrons. The molecule has 2 atom stereocenters. The molecule has 1 N–H and O–H groups in total. The second-order valence-corrected chi connectivity index (χ2v) is 8.17. The summed E-state index contributed by atoms with van der Waals surface area (Å²) < 4.78 is 0. The van der Waals surface area contributed by atoms with E-state index in [4.69, 9.17) is 0 Å². The van der Waals surface area contributed by atoms with Crippen LogP contribution in [0.15, 0.2) is 24.3 Å². The van der Waals surface area contributed by atoms with Crippen LogP contribution >= 0.6 is 0 Å². The number of nitrogens with one attached hydrogen (secondary N) is 1. The van der Waals surface area contributed by atoms with Gasteiger partial charge in [0.25, 0.3) is 5.91 Å². The number of benzene rings is 1. The Kier molecular flexibility index (Phi) is 5.65. The molecule has 1 aliphatic carbocycles. The predicted molar refractivity (Wildman–Crippen MR) is 107 cm³/mol. The van der Waals surface area contributed by atoms with Crippen LogP contribution < -0.4 is 5.32 Å². The molecule has 7 heteroatoms. The first kappa shape index (κ1) is 19.6. The van der Waals surface area contributed by atoms with Crippen molar-refractivity contribution in [2.45, 2.75) is 44.9 Å². The van der Waals surface area contributed by atoms with E-state index in [0.29, 0.717) is 11.3 Å². The average molecular weight is 397 g/mol. The van der Waals surface area contributed by atoms with Crippen LogP contribution in [0.5, 0.6) is 0 Å². The molecule has 2 aliphatic heterocycles. The first-order chi connectivity index (χ1) is 14.1. The van der Waals surface area contributed by atoms with Crippen LogP contribution in [0.2, 0.25) is 0 Å². The average Bonchev–Trinajstić information content (AvgIpc) is 3.35. The van der Waals surface area contributed by atoms with Crippen LogP contribution in [0.25, 0.3) is 0 Å². The number of likely N-dealkylation sites (tertiary alicyclic amines) is 2. The highest BCUT2D eigenvalue weighted by atomic mass is 16.2. The highest BCUT2D eigenvalue weighted by Gasteiger charge is 2.47. The molecule has 2 saturated heterocycles. The standard InChI is InChI=1S/C22H27N3O4/c26-19(11-14-25-21(28)15-7-1-2-8-16(15)22(25)29)23-18-10-4-3-9-17(18)20(27)24-12-5-6-13-24/h3-4,9-10,15-16H,1-2,5-8,11-14H2,(H,23,26). The van der Waals surface area contributed by atoms with Crippen LogP contribution in [0.1, 0.15) is 55.3 Å². The molecule has 0 aromatic heterocycles. The zero-order valence-electron chi connectivity index (χ0n) is 16.6. The summed E-state index contributed by atoms with van der Waals surface area (Å²) in [7, 11) is 0. The second-order valence-electron chi connectivity index (χ2n) is 8.17. The quantitative estimate of drug-likeness (QED) is 0.773. The van der Waals surface area contributed by atoms with E-state index in [9.17, 15) is 19.2 Å². The smallest absolute Gasteiger partial charge is 0.255 e. The number of anilines is 1. The molecular weight excluding hydrogens is 370 g/mol. The zero-order valence-corrected chi connectivity index (χ0v) is 16.6. The van der Waals surface area contributed by atoms with Gasteiger partial charge in [0.1, 0.15) is 0 Å². The fraction of sp³-hybridized carbons (Fsp3) is 0.545. The number of hydrogen-bond acceptors (Lipinski definition) is 4. The Morgan fingerprint density at radius 2 is 1.55 bits per heavy atom. The number of para-hydroxylation sites is 1. The van der Waals surface area contributed by atoms with Crippen molar-refractivity contribution in [1.29, 1.82) is 0 Å². The third-order valence-corrected chi connectivity index (χ3v) is 6.32. The minimum Gasteiger partial charge on any atom is -0.339 e. The van der Waals surface area contributed by atoms with E-state index in [2.05, 4.69) is 5.32 Å². The Morgan fingerprint density at radius 1 is 0.931 bits per heavy atom. The van der Waals surface area contributed by atoms with Gasteiger partial charge in [-0.05, 0) is 37.8 Å². The zero-order chi connectivity index (χ0) is 20.4. The molecule has 1 aromatic carbocycles. The summed E-state index contributed by atoms with van der Waals surface area (Å²) in [6, 6.07) is 6.98. The number of carbonyl (C=O) groups excluding carboxylic acids is 4. The van der Waals surface area contributed by atoms with Gasteiger partial charge in [-0.15, -0.1) is 0 Å². The SMILES string of the molecule is O=C(CCN1C(=O)C2CCCCC2C1=O)Nc1ccccc1C(=O)N1CCCC1. The number of nitrogens with zero attached hydrogens (tertiary/aromatic N) is 2. The maximum atomic E-state index is 12.7. The van der Waals surface area contributed by atoms with E-state index in [1.165, 1.54) is 4.90 Å². The number of imide groups is 1. The number of hydrogen-bond donors (Lipinski definition) is 1. The molecule has 1 saturated carbocycles. The van der Waals surface area contributed by atoms with Crippen molar-refractivity contribution in [3.63, 3.8) is 0 Å². The predicted octanol–water partition coefficient (Wildman–Crippen LogP) is 2.43. The monoisotopic (exact) mass is 397 g/mol. The van der Waals surface area contributed by atoms with E-state index >= 15 is 0 Å². The van der Waals surface area contributed by atoms with E-state index in [1.54, 1.807) is 29.2 Å². The summed E-state index contributed by atoms with van der Waals surface area (Å²) >= 11 is 0. The number of fused-ring (bicyclic) bond motifs is 1. The third-order valence-electron chi connectivity index (χ3n) is 6.32. The van der Waals surface area contributed by atoms with Gasteiger partial charge < -0.3 is 10.2 Å². The largest absolute Gasteiger partial charge is 0.339 e. The third kappa shape index (κ3) is 3.91. The Balaban J connectivity index is 1.37. The summed E-state index contributed by atoms with van der Waals surface area (Å²) in [5.41, 5.74) is 0.948. The molecule has 0 bridgehead atoms. The molecule has 3 fully saturated rings. The van der Waals surface area contributed by atoms with Crippen molar-refractivity contribution in [2.75, 3.05) is 25.0 Å². The molecule has 2 unspecified atom stereocenters. The minimum atomic E-state index is -0.304. The van der Waals surface area contributed by atoms with Crippen LogP contribution in [-0.2, 0) is 14.4 Å². The normalized spacial score (nSPS) is 24.0. The first-order valence-electron chi connectivity index (χ1n) is 10.6. The highest BCUT2D eigenvalue weighted by Crippen LogP contribution is 2.38. The van der Waals surface area contributed by atoms with E-state index in [1.807, 2.05) is 0 Å². The molecule has 7 nitrogen and oxygen atoms in total.